The Hall–Kier alpha value is -0.910. The fourth-order valence-corrected chi connectivity index (χ4v) is 3.91. The molecule has 1 aliphatic carbocycles. The average Bonchev–Trinajstić information content (AvgIpc) is 3.50. The summed E-state index contributed by atoms with van der Waals surface area (Å²) in [6, 6.07) is 6.87. The van der Waals surface area contributed by atoms with Gasteiger partial charge in [0, 0.05) is 46.4 Å². The summed E-state index contributed by atoms with van der Waals surface area (Å²) < 4.78 is 32.0. The van der Waals surface area contributed by atoms with E-state index in [1.165, 1.54) is 17.1 Å². The molecule has 0 radical (unpaired) electrons. The van der Waals surface area contributed by atoms with Gasteiger partial charge in [-0.2, -0.15) is 4.31 Å². The Morgan fingerprint density at radius 3 is 2.45 bits per heavy atom. The molecule has 0 aromatic heterocycles. The third-order valence-electron chi connectivity index (χ3n) is 4.82. The minimum Gasteiger partial charge on any atom is -0.381 e. The highest BCUT2D eigenvalue weighted by Gasteiger charge is 2.22. The molecule has 2 N–H and O–H groups in total. The molecule has 9 heteroatoms. The summed E-state index contributed by atoms with van der Waals surface area (Å²) in [4.78, 5) is 4.52. The van der Waals surface area contributed by atoms with E-state index in [4.69, 9.17) is 4.74 Å². The normalized spacial score (nSPS) is 14.8. The van der Waals surface area contributed by atoms with Crippen LogP contribution in [0.3, 0.4) is 0 Å². The van der Waals surface area contributed by atoms with Crippen LogP contribution in [0.1, 0.15) is 38.7 Å². The smallest absolute Gasteiger partial charge is 0.243 e. The van der Waals surface area contributed by atoms with Gasteiger partial charge in [-0.05, 0) is 56.7 Å². The van der Waals surface area contributed by atoms with Gasteiger partial charge in [0.1, 0.15) is 0 Å². The molecular weight excluding hydrogens is 503 g/mol. The van der Waals surface area contributed by atoms with Crippen LogP contribution in [-0.2, 0) is 21.3 Å². The first-order valence-electron chi connectivity index (χ1n) is 9.94. The predicted molar refractivity (Wildman–Crippen MR) is 128 cm³/mol. The molecule has 1 aromatic carbocycles. The van der Waals surface area contributed by atoms with E-state index in [0.29, 0.717) is 11.4 Å². The largest absolute Gasteiger partial charge is 0.381 e. The minimum absolute atomic E-state index is 0. The zero-order chi connectivity index (χ0) is 20.6. The quantitative estimate of drug-likeness (QED) is 0.196. The van der Waals surface area contributed by atoms with Crippen LogP contribution in [0.5, 0.6) is 0 Å². The van der Waals surface area contributed by atoms with Crippen LogP contribution >= 0.6 is 24.0 Å². The second kappa shape index (κ2) is 12.7. The summed E-state index contributed by atoms with van der Waals surface area (Å²) in [5.41, 5.74) is 0.988. The molecule has 1 saturated carbocycles. The van der Waals surface area contributed by atoms with Crippen molar-refractivity contribution < 1.29 is 13.2 Å². The van der Waals surface area contributed by atoms with Crippen LogP contribution < -0.4 is 10.6 Å². The lowest BCUT2D eigenvalue weighted by Gasteiger charge is -2.21. The highest BCUT2D eigenvalue weighted by Crippen LogP contribution is 2.28. The van der Waals surface area contributed by atoms with Crippen molar-refractivity contribution in [1.82, 2.24) is 14.9 Å². The summed E-state index contributed by atoms with van der Waals surface area (Å²) in [6.45, 7) is 6.73. The molecule has 0 spiro atoms. The molecule has 1 aromatic rings. The van der Waals surface area contributed by atoms with Gasteiger partial charge in [-0.1, -0.05) is 12.1 Å². The van der Waals surface area contributed by atoms with Crippen molar-refractivity contribution in [3.05, 3.63) is 29.8 Å². The summed E-state index contributed by atoms with van der Waals surface area (Å²) in [7, 11) is -0.115. The fourth-order valence-electron chi connectivity index (χ4n) is 2.55. The first-order chi connectivity index (χ1) is 13.3. The third kappa shape index (κ3) is 8.77. The van der Waals surface area contributed by atoms with Crippen molar-refractivity contribution in [2.24, 2.45) is 10.9 Å². The van der Waals surface area contributed by atoms with Gasteiger partial charge < -0.3 is 15.4 Å². The first kappa shape index (κ1) is 26.1. The summed E-state index contributed by atoms with van der Waals surface area (Å²) >= 11 is 0. The molecule has 0 unspecified atom stereocenters. The number of nitrogens with one attached hydrogen (secondary N) is 2. The molecular formula is C20H35IN4O3S. The predicted octanol–water partition coefficient (Wildman–Crippen LogP) is 2.82. The van der Waals surface area contributed by atoms with E-state index < -0.39 is 10.0 Å². The summed E-state index contributed by atoms with van der Waals surface area (Å²) in [6.07, 6.45) is 3.57. The van der Waals surface area contributed by atoms with E-state index in [2.05, 4.69) is 15.6 Å². The number of rotatable bonds is 11. The summed E-state index contributed by atoms with van der Waals surface area (Å²) in [5.74, 6) is 1.52. The van der Waals surface area contributed by atoms with E-state index in [1.807, 2.05) is 26.0 Å². The minimum atomic E-state index is -3.45. The molecule has 0 atom stereocenters. The Labute approximate surface area is 192 Å². The van der Waals surface area contributed by atoms with Gasteiger partial charge in [-0.25, -0.2) is 8.42 Å². The number of hydrogen-bond donors (Lipinski definition) is 2. The molecule has 1 aliphatic rings. The molecule has 0 amide bonds. The van der Waals surface area contributed by atoms with Crippen molar-refractivity contribution in [1.29, 1.82) is 0 Å². The number of benzene rings is 1. The van der Waals surface area contributed by atoms with Crippen molar-refractivity contribution in [2.75, 3.05) is 33.9 Å². The second-order valence-electron chi connectivity index (χ2n) is 7.48. The molecule has 29 heavy (non-hydrogen) atoms. The number of guanidine groups is 1. The van der Waals surface area contributed by atoms with Crippen LogP contribution in [0.2, 0.25) is 0 Å². The molecule has 0 saturated heterocycles. The number of ether oxygens (including phenoxy) is 1. The van der Waals surface area contributed by atoms with E-state index in [-0.39, 0.29) is 30.0 Å². The third-order valence-corrected chi connectivity index (χ3v) is 6.87. The Bertz CT molecular complexity index is 735. The Kier molecular flexibility index (Phi) is 11.4. The van der Waals surface area contributed by atoms with Crippen molar-refractivity contribution in [3.63, 3.8) is 0 Å². The fraction of sp³-hybridized carbons (Fsp3) is 0.650. The van der Waals surface area contributed by atoms with Gasteiger partial charge in [-0.15, -0.1) is 24.0 Å². The molecule has 7 nitrogen and oxygen atoms in total. The lowest BCUT2D eigenvalue weighted by Crippen LogP contribution is -2.37. The van der Waals surface area contributed by atoms with Gasteiger partial charge in [0.25, 0.3) is 0 Å². The highest BCUT2D eigenvalue weighted by atomic mass is 127. The maximum absolute atomic E-state index is 12.5. The first-order valence-corrected chi connectivity index (χ1v) is 11.4. The SMILES string of the molecule is CN=C(NCCCOCC1CC1)NCc1ccc(S(=O)(=O)N(C)C(C)C)cc1.I. The van der Waals surface area contributed by atoms with Crippen molar-refractivity contribution >= 4 is 40.0 Å². The molecule has 0 heterocycles. The topological polar surface area (TPSA) is 83.0 Å². The van der Waals surface area contributed by atoms with Crippen LogP contribution in [0.4, 0.5) is 0 Å². The Morgan fingerprint density at radius 1 is 1.24 bits per heavy atom. The molecule has 2 rings (SSSR count). The van der Waals surface area contributed by atoms with Crippen LogP contribution in [0.25, 0.3) is 0 Å². The zero-order valence-corrected chi connectivity index (χ0v) is 21.0. The lowest BCUT2D eigenvalue weighted by atomic mass is 10.2. The molecule has 0 aliphatic heterocycles. The number of sulfonamides is 1. The van der Waals surface area contributed by atoms with Gasteiger partial charge in [0.15, 0.2) is 5.96 Å². The highest BCUT2D eigenvalue weighted by molar-refractivity contribution is 14.0. The van der Waals surface area contributed by atoms with E-state index >= 15 is 0 Å². The number of nitrogens with zero attached hydrogens (tertiary/aromatic N) is 2. The van der Waals surface area contributed by atoms with Gasteiger partial charge >= 0.3 is 0 Å². The molecule has 166 valence electrons. The number of halogens is 1. The maximum Gasteiger partial charge on any atom is 0.243 e. The zero-order valence-electron chi connectivity index (χ0n) is 17.8. The van der Waals surface area contributed by atoms with E-state index in [1.54, 1.807) is 26.2 Å². The Balaban J connectivity index is 0.00000420. The van der Waals surface area contributed by atoms with Crippen LogP contribution in [0, 0.1) is 5.92 Å². The van der Waals surface area contributed by atoms with Gasteiger partial charge in [-0.3, -0.25) is 4.99 Å². The van der Waals surface area contributed by atoms with Crippen LogP contribution in [-0.4, -0.2) is 58.6 Å². The van der Waals surface area contributed by atoms with E-state index in [0.717, 1.165) is 43.6 Å². The number of hydrogen-bond acceptors (Lipinski definition) is 4. The molecule has 1 fully saturated rings. The molecule has 0 bridgehead atoms. The van der Waals surface area contributed by atoms with Gasteiger partial charge in [0.2, 0.25) is 10.0 Å². The standard InChI is InChI=1S/C20H34N4O3S.HI/c1-16(2)24(4)28(25,26)19-10-8-17(9-11-19)14-23-20(21-3)22-12-5-13-27-15-18-6-7-18;/h8-11,16,18H,5-7,12-15H2,1-4H3,(H2,21,22,23);1H. The lowest BCUT2D eigenvalue weighted by molar-refractivity contribution is 0.123. The van der Waals surface area contributed by atoms with Crippen molar-refractivity contribution in [2.45, 2.75) is 50.6 Å². The number of aliphatic imine (C=N–C) groups is 1. The maximum atomic E-state index is 12.5. The van der Waals surface area contributed by atoms with Crippen LogP contribution in [0.15, 0.2) is 34.2 Å². The van der Waals surface area contributed by atoms with Gasteiger partial charge in [0.05, 0.1) is 4.90 Å². The Morgan fingerprint density at radius 2 is 1.90 bits per heavy atom. The van der Waals surface area contributed by atoms with E-state index in [9.17, 15) is 8.42 Å². The monoisotopic (exact) mass is 538 g/mol. The summed E-state index contributed by atoms with van der Waals surface area (Å²) in [5, 5.41) is 6.51. The van der Waals surface area contributed by atoms with Crippen molar-refractivity contribution in [3.8, 4) is 0 Å². The average molecular weight is 538 g/mol. The second-order valence-corrected chi connectivity index (χ2v) is 9.48.